The highest BCUT2D eigenvalue weighted by atomic mass is 32.1. The maximum Gasteiger partial charge on any atom is 0.352 e. The molecule has 0 fully saturated rings. The van der Waals surface area contributed by atoms with Crippen molar-refractivity contribution in [2.75, 3.05) is 0 Å². The van der Waals surface area contributed by atoms with Gasteiger partial charge in [0.15, 0.2) is 5.65 Å². The maximum absolute atomic E-state index is 12.5. The third-order valence-electron chi connectivity index (χ3n) is 4.08. The molecule has 0 unspecified atom stereocenters. The molecular formula is C16H15N5O3S. The summed E-state index contributed by atoms with van der Waals surface area (Å²) in [7, 11) is 0. The average molecular weight is 357 g/mol. The minimum Gasteiger partial charge on any atom is -0.467 e. The fourth-order valence-electron chi connectivity index (χ4n) is 2.66. The van der Waals surface area contributed by atoms with Crippen molar-refractivity contribution in [1.29, 1.82) is 0 Å². The zero-order valence-corrected chi connectivity index (χ0v) is 14.5. The van der Waals surface area contributed by atoms with Gasteiger partial charge < -0.3 is 9.73 Å². The maximum atomic E-state index is 12.5. The molecule has 4 rings (SSSR count). The Balaban J connectivity index is 1.66. The quantitative estimate of drug-likeness (QED) is 0.599. The number of nitrogens with one attached hydrogen (secondary N) is 1. The molecule has 0 aliphatic rings. The van der Waals surface area contributed by atoms with Crippen LogP contribution in [0.25, 0.3) is 15.9 Å². The van der Waals surface area contributed by atoms with Gasteiger partial charge in [0.2, 0.25) is 5.91 Å². The normalized spacial score (nSPS) is 11.4. The molecular weight excluding hydrogens is 342 g/mol. The van der Waals surface area contributed by atoms with E-state index >= 15 is 0 Å². The van der Waals surface area contributed by atoms with Gasteiger partial charge in [-0.25, -0.2) is 18.9 Å². The van der Waals surface area contributed by atoms with Gasteiger partial charge in [0.1, 0.15) is 23.5 Å². The van der Waals surface area contributed by atoms with E-state index in [4.69, 9.17) is 4.42 Å². The van der Waals surface area contributed by atoms with Crippen LogP contribution in [-0.2, 0) is 17.9 Å². The fraction of sp³-hybridized carbons (Fsp3) is 0.250. The molecule has 0 spiro atoms. The SMILES string of the molecule is Cc1sc2ncn3c(=O)n(CC(=O)NCc4ccco4)nc3c2c1C. The number of rotatable bonds is 4. The van der Waals surface area contributed by atoms with Gasteiger partial charge in [-0.05, 0) is 31.5 Å². The largest absolute Gasteiger partial charge is 0.467 e. The van der Waals surface area contributed by atoms with Crippen molar-refractivity contribution >= 4 is 33.1 Å². The third kappa shape index (κ3) is 2.62. The van der Waals surface area contributed by atoms with E-state index in [1.807, 2.05) is 13.8 Å². The summed E-state index contributed by atoms with van der Waals surface area (Å²) < 4.78 is 7.69. The van der Waals surface area contributed by atoms with Crippen LogP contribution in [0, 0.1) is 13.8 Å². The molecule has 0 atom stereocenters. The van der Waals surface area contributed by atoms with E-state index < -0.39 is 0 Å². The van der Waals surface area contributed by atoms with Crippen LogP contribution in [0.4, 0.5) is 0 Å². The Kier molecular flexibility index (Phi) is 3.65. The lowest BCUT2D eigenvalue weighted by atomic mass is 10.2. The average Bonchev–Trinajstić information content (AvgIpc) is 3.27. The molecule has 0 bridgehead atoms. The Morgan fingerprint density at radius 1 is 1.40 bits per heavy atom. The Labute approximate surface area is 145 Å². The second kappa shape index (κ2) is 5.85. The molecule has 0 saturated heterocycles. The number of carbonyl (C=O) groups is 1. The van der Waals surface area contributed by atoms with Crippen LogP contribution in [0.15, 0.2) is 33.9 Å². The Hall–Kier alpha value is -2.94. The lowest BCUT2D eigenvalue weighted by Crippen LogP contribution is -2.32. The minimum atomic E-state index is -0.388. The molecule has 4 aromatic rings. The summed E-state index contributed by atoms with van der Waals surface area (Å²) >= 11 is 1.56. The minimum absolute atomic E-state index is 0.162. The summed E-state index contributed by atoms with van der Waals surface area (Å²) in [6.07, 6.45) is 3.00. The summed E-state index contributed by atoms with van der Waals surface area (Å²) in [5.41, 5.74) is 1.19. The summed E-state index contributed by atoms with van der Waals surface area (Å²) in [5.74, 6) is 0.329. The molecule has 0 aliphatic heterocycles. The van der Waals surface area contributed by atoms with Crippen molar-refractivity contribution in [3.8, 4) is 0 Å². The first-order valence-corrected chi connectivity index (χ1v) is 8.49. The van der Waals surface area contributed by atoms with Crippen LogP contribution >= 0.6 is 11.3 Å². The number of carbonyl (C=O) groups excluding carboxylic acids is 1. The molecule has 128 valence electrons. The van der Waals surface area contributed by atoms with Crippen molar-refractivity contribution in [2.45, 2.75) is 26.9 Å². The van der Waals surface area contributed by atoms with Gasteiger partial charge in [-0.15, -0.1) is 16.4 Å². The number of amides is 1. The molecule has 0 saturated carbocycles. The van der Waals surface area contributed by atoms with Crippen molar-refractivity contribution < 1.29 is 9.21 Å². The van der Waals surface area contributed by atoms with Crippen LogP contribution in [0.3, 0.4) is 0 Å². The van der Waals surface area contributed by atoms with Crippen molar-refractivity contribution in [2.24, 2.45) is 0 Å². The topological polar surface area (TPSA) is 94.4 Å². The molecule has 1 amide bonds. The van der Waals surface area contributed by atoms with Crippen LogP contribution in [0.5, 0.6) is 0 Å². The first kappa shape index (κ1) is 15.6. The van der Waals surface area contributed by atoms with Gasteiger partial charge in [-0.1, -0.05) is 0 Å². The molecule has 0 radical (unpaired) electrons. The number of fused-ring (bicyclic) bond motifs is 3. The Morgan fingerprint density at radius 3 is 3.00 bits per heavy atom. The second-order valence-corrected chi connectivity index (χ2v) is 6.90. The predicted octanol–water partition coefficient (Wildman–Crippen LogP) is 1.63. The first-order valence-electron chi connectivity index (χ1n) is 7.67. The number of hydrogen-bond donors (Lipinski definition) is 1. The van der Waals surface area contributed by atoms with Crippen LogP contribution in [-0.4, -0.2) is 25.1 Å². The number of hydrogen-bond acceptors (Lipinski definition) is 6. The first-order chi connectivity index (χ1) is 12.0. The zero-order chi connectivity index (χ0) is 17.6. The molecule has 1 N–H and O–H groups in total. The number of thiophene rings is 1. The summed E-state index contributed by atoms with van der Waals surface area (Å²) in [6.45, 7) is 4.10. The molecule has 0 aliphatic carbocycles. The van der Waals surface area contributed by atoms with Crippen molar-refractivity contribution in [1.82, 2.24) is 24.5 Å². The van der Waals surface area contributed by atoms with E-state index in [1.54, 1.807) is 23.5 Å². The van der Waals surface area contributed by atoms with Crippen LogP contribution in [0.2, 0.25) is 0 Å². The monoisotopic (exact) mass is 357 g/mol. The predicted molar refractivity (Wildman–Crippen MR) is 92.7 cm³/mol. The second-order valence-electron chi connectivity index (χ2n) is 5.70. The standard InChI is InChI=1S/C16H15N5O3S/c1-9-10(2)25-15-13(9)14-19-21(16(23)20(14)8-18-15)7-12(22)17-6-11-4-3-5-24-11/h3-5,8H,6-7H2,1-2H3,(H,17,22). The number of furan rings is 1. The number of aromatic nitrogens is 4. The van der Waals surface area contributed by atoms with E-state index in [0.717, 1.165) is 25.3 Å². The highest BCUT2D eigenvalue weighted by Gasteiger charge is 2.17. The lowest BCUT2D eigenvalue weighted by molar-refractivity contribution is -0.122. The molecule has 4 aromatic heterocycles. The van der Waals surface area contributed by atoms with Crippen LogP contribution in [0.1, 0.15) is 16.2 Å². The Morgan fingerprint density at radius 2 is 2.24 bits per heavy atom. The van der Waals surface area contributed by atoms with Crippen molar-refractivity contribution in [3.05, 3.63) is 51.4 Å². The van der Waals surface area contributed by atoms with Crippen molar-refractivity contribution in [3.63, 3.8) is 0 Å². The summed E-state index contributed by atoms with van der Waals surface area (Å²) in [5, 5.41) is 7.91. The van der Waals surface area contributed by atoms with E-state index in [2.05, 4.69) is 15.4 Å². The van der Waals surface area contributed by atoms with Gasteiger partial charge in [0, 0.05) is 4.88 Å². The van der Waals surface area contributed by atoms with E-state index in [0.29, 0.717) is 11.4 Å². The fourth-order valence-corrected chi connectivity index (χ4v) is 3.65. The number of aryl methyl sites for hydroxylation is 2. The van der Waals surface area contributed by atoms with Gasteiger partial charge in [-0.2, -0.15) is 0 Å². The Bertz CT molecular complexity index is 1140. The highest BCUT2D eigenvalue weighted by molar-refractivity contribution is 7.18. The summed E-state index contributed by atoms with van der Waals surface area (Å²) in [6, 6.07) is 3.51. The smallest absolute Gasteiger partial charge is 0.352 e. The van der Waals surface area contributed by atoms with E-state index in [-0.39, 0.29) is 24.7 Å². The molecule has 25 heavy (non-hydrogen) atoms. The van der Waals surface area contributed by atoms with Gasteiger partial charge in [0.05, 0.1) is 18.2 Å². The molecule has 0 aromatic carbocycles. The highest BCUT2D eigenvalue weighted by Crippen LogP contribution is 2.30. The molecule has 4 heterocycles. The lowest BCUT2D eigenvalue weighted by Gasteiger charge is -2.02. The molecule has 9 heteroatoms. The number of nitrogens with zero attached hydrogens (tertiary/aromatic N) is 4. The van der Waals surface area contributed by atoms with E-state index in [9.17, 15) is 9.59 Å². The zero-order valence-electron chi connectivity index (χ0n) is 13.6. The van der Waals surface area contributed by atoms with Crippen LogP contribution < -0.4 is 11.0 Å². The van der Waals surface area contributed by atoms with Gasteiger partial charge >= 0.3 is 5.69 Å². The van der Waals surface area contributed by atoms with Gasteiger partial charge in [-0.3, -0.25) is 4.79 Å². The summed E-state index contributed by atoms with van der Waals surface area (Å²) in [4.78, 5) is 30.9. The third-order valence-corrected chi connectivity index (χ3v) is 5.20. The van der Waals surface area contributed by atoms with Gasteiger partial charge in [0.25, 0.3) is 0 Å². The molecule has 8 nitrogen and oxygen atoms in total. The van der Waals surface area contributed by atoms with E-state index in [1.165, 1.54) is 17.0 Å².